The standard InChI is InChI=1S/C26H26FN3O2S/c1-18-4-6-20(7-5-18)25(31)29(15-23-3-2-14-32-23)13-12-22-17-33-26-28-24(16-30(22)26)19-8-10-21(27)11-9-19/h4-11,16-17,23H,2-3,12-15H2,1H3. The zero-order valence-corrected chi connectivity index (χ0v) is 19.4. The number of thiazole rings is 1. The minimum atomic E-state index is -0.259. The number of aromatic nitrogens is 2. The van der Waals surface area contributed by atoms with E-state index in [1.807, 2.05) is 42.3 Å². The summed E-state index contributed by atoms with van der Waals surface area (Å²) < 4.78 is 21.2. The first-order chi connectivity index (χ1) is 16.1. The highest BCUT2D eigenvalue weighted by Gasteiger charge is 2.24. The highest BCUT2D eigenvalue weighted by molar-refractivity contribution is 7.15. The Bertz CT molecular complexity index is 1240. The lowest BCUT2D eigenvalue weighted by Gasteiger charge is -2.25. The zero-order chi connectivity index (χ0) is 22.8. The number of imidazole rings is 1. The maximum atomic E-state index is 13.3. The third-order valence-corrected chi connectivity index (χ3v) is 6.98. The van der Waals surface area contributed by atoms with Crippen molar-refractivity contribution in [2.45, 2.75) is 32.3 Å². The van der Waals surface area contributed by atoms with Crippen molar-refractivity contribution in [1.82, 2.24) is 14.3 Å². The molecule has 5 nitrogen and oxygen atoms in total. The molecule has 0 aliphatic carbocycles. The third kappa shape index (κ3) is 4.84. The quantitative estimate of drug-likeness (QED) is 0.370. The molecule has 1 atom stereocenters. The van der Waals surface area contributed by atoms with Crippen LogP contribution in [-0.4, -0.2) is 46.0 Å². The Morgan fingerprint density at radius 2 is 2.00 bits per heavy atom. The molecule has 1 fully saturated rings. The first-order valence-corrected chi connectivity index (χ1v) is 12.1. The van der Waals surface area contributed by atoms with E-state index in [-0.39, 0.29) is 17.8 Å². The largest absolute Gasteiger partial charge is 0.376 e. The van der Waals surface area contributed by atoms with E-state index in [1.165, 1.54) is 12.1 Å². The molecule has 1 amide bonds. The van der Waals surface area contributed by atoms with Gasteiger partial charge in [-0.1, -0.05) is 17.7 Å². The van der Waals surface area contributed by atoms with E-state index in [1.54, 1.807) is 23.5 Å². The third-order valence-electron chi connectivity index (χ3n) is 6.09. The molecule has 3 heterocycles. The summed E-state index contributed by atoms with van der Waals surface area (Å²) in [5.41, 5.74) is 4.64. The molecule has 0 radical (unpaired) electrons. The lowest BCUT2D eigenvalue weighted by Crippen LogP contribution is -2.38. The topological polar surface area (TPSA) is 46.8 Å². The molecule has 2 aromatic carbocycles. The van der Waals surface area contributed by atoms with Crippen LogP contribution in [0, 0.1) is 12.7 Å². The number of nitrogens with zero attached hydrogens (tertiary/aromatic N) is 3. The summed E-state index contributed by atoms with van der Waals surface area (Å²) in [6.45, 7) is 3.99. The zero-order valence-electron chi connectivity index (χ0n) is 18.5. The van der Waals surface area contributed by atoms with Crippen LogP contribution < -0.4 is 0 Å². The number of ether oxygens (including phenoxy) is 1. The minimum Gasteiger partial charge on any atom is -0.376 e. The molecule has 5 rings (SSSR count). The van der Waals surface area contributed by atoms with Crippen molar-refractivity contribution < 1.29 is 13.9 Å². The van der Waals surface area contributed by atoms with Gasteiger partial charge >= 0.3 is 0 Å². The fraction of sp³-hybridized carbons (Fsp3) is 0.308. The summed E-state index contributed by atoms with van der Waals surface area (Å²) in [4.78, 5) is 20.8. The highest BCUT2D eigenvalue weighted by Crippen LogP contribution is 2.25. The molecular formula is C26H26FN3O2S. The van der Waals surface area contributed by atoms with Crippen molar-refractivity contribution >= 4 is 22.2 Å². The van der Waals surface area contributed by atoms with Crippen LogP contribution in [0.25, 0.3) is 16.2 Å². The van der Waals surface area contributed by atoms with Gasteiger partial charge in [-0.3, -0.25) is 9.20 Å². The molecule has 0 bridgehead atoms. The van der Waals surface area contributed by atoms with Gasteiger partial charge in [-0.05, 0) is 56.2 Å². The maximum absolute atomic E-state index is 13.3. The van der Waals surface area contributed by atoms with E-state index >= 15 is 0 Å². The van der Waals surface area contributed by atoms with E-state index in [9.17, 15) is 9.18 Å². The SMILES string of the molecule is Cc1ccc(C(=O)N(CCc2csc3nc(-c4ccc(F)cc4)cn23)CC2CCCO2)cc1. The Hall–Kier alpha value is -3.03. The van der Waals surface area contributed by atoms with Crippen LogP contribution in [0.2, 0.25) is 0 Å². The number of fused-ring (bicyclic) bond motifs is 1. The maximum Gasteiger partial charge on any atom is 0.253 e. The number of carbonyl (C=O) groups excluding carboxylic acids is 1. The fourth-order valence-electron chi connectivity index (χ4n) is 4.21. The second-order valence-electron chi connectivity index (χ2n) is 8.51. The van der Waals surface area contributed by atoms with Gasteiger partial charge < -0.3 is 9.64 Å². The molecule has 0 N–H and O–H groups in total. The van der Waals surface area contributed by atoms with Gasteiger partial charge in [-0.25, -0.2) is 9.37 Å². The second-order valence-corrected chi connectivity index (χ2v) is 9.35. The van der Waals surface area contributed by atoms with Gasteiger partial charge in [0.15, 0.2) is 4.96 Å². The van der Waals surface area contributed by atoms with Crippen LogP contribution in [0.3, 0.4) is 0 Å². The van der Waals surface area contributed by atoms with Crippen LogP contribution in [0.5, 0.6) is 0 Å². The van der Waals surface area contributed by atoms with Gasteiger partial charge in [0.2, 0.25) is 0 Å². The number of benzene rings is 2. The Morgan fingerprint density at radius 1 is 1.21 bits per heavy atom. The Kier molecular flexibility index (Phi) is 6.24. The summed E-state index contributed by atoms with van der Waals surface area (Å²) in [6, 6.07) is 14.1. The van der Waals surface area contributed by atoms with Crippen LogP contribution in [-0.2, 0) is 11.2 Å². The number of rotatable bonds is 7. The number of amides is 1. The smallest absolute Gasteiger partial charge is 0.253 e. The van der Waals surface area contributed by atoms with Gasteiger partial charge in [0.25, 0.3) is 5.91 Å². The normalized spacial score (nSPS) is 15.9. The molecule has 170 valence electrons. The predicted molar refractivity (Wildman–Crippen MR) is 128 cm³/mol. The molecule has 1 aliphatic rings. The molecule has 4 aromatic rings. The Balaban J connectivity index is 1.35. The van der Waals surface area contributed by atoms with E-state index in [0.29, 0.717) is 25.1 Å². The van der Waals surface area contributed by atoms with Gasteiger partial charge in [-0.15, -0.1) is 11.3 Å². The van der Waals surface area contributed by atoms with Crippen molar-refractivity contribution in [3.05, 3.63) is 82.7 Å². The van der Waals surface area contributed by atoms with E-state index in [4.69, 9.17) is 9.72 Å². The van der Waals surface area contributed by atoms with Crippen LogP contribution in [0.15, 0.2) is 60.1 Å². The molecule has 1 aliphatic heterocycles. The molecular weight excluding hydrogens is 437 g/mol. The first-order valence-electron chi connectivity index (χ1n) is 11.3. The van der Waals surface area contributed by atoms with E-state index in [0.717, 1.165) is 46.9 Å². The Morgan fingerprint density at radius 3 is 2.73 bits per heavy atom. The van der Waals surface area contributed by atoms with E-state index < -0.39 is 0 Å². The monoisotopic (exact) mass is 463 g/mol. The molecule has 2 aromatic heterocycles. The number of carbonyl (C=O) groups is 1. The minimum absolute atomic E-state index is 0.0367. The summed E-state index contributed by atoms with van der Waals surface area (Å²) >= 11 is 1.57. The van der Waals surface area contributed by atoms with Gasteiger partial charge in [-0.2, -0.15) is 0 Å². The first kappa shape index (κ1) is 21.8. The van der Waals surface area contributed by atoms with Crippen molar-refractivity contribution in [2.24, 2.45) is 0 Å². The highest BCUT2D eigenvalue weighted by atomic mass is 32.1. The van der Waals surface area contributed by atoms with E-state index in [2.05, 4.69) is 9.78 Å². The van der Waals surface area contributed by atoms with Gasteiger partial charge in [0.05, 0.1) is 11.8 Å². The van der Waals surface area contributed by atoms with Crippen molar-refractivity contribution in [3.63, 3.8) is 0 Å². The average Bonchev–Trinajstić information content (AvgIpc) is 3.56. The predicted octanol–water partition coefficient (Wildman–Crippen LogP) is 5.37. The summed E-state index contributed by atoms with van der Waals surface area (Å²) in [5.74, 6) is -0.223. The average molecular weight is 464 g/mol. The lowest BCUT2D eigenvalue weighted by molar-refractivity contribution is 0.0528. The van der Waals surface area contributed by atoms with Crippen LogP contribution in [0.1, 0.15) is 34.5 Å². The van der Waals surface area contributed by atoms with Crippen LogP contribution >= 0.6 is 11.3 Å². The number of aryl methyl sites for hydroxylation is 1. The molecule has 33 heavy (non-hydrogen) atoms. The van der Waals surface area contributed by atoms with Gasteiger partial charge in [0, 0.05) is 54.5 Å². The second kappa shape index (κ2) is 9.45. The number of hydrogen-bond donors (Lipinski definition) is 0. The molecule has 7 heteroatoms. The van der Waals surface area contributed by atoms with Crippen molar-refractivity contribution in [1.29, 1.82) is 0 Å². The van der Waals surface area contributed by atoms with Crippen LogP contribution in [0.4, 0.5) is 4.39 Å². The summed E-state index contributed by atoms with van der Waals surface area (Å²) in [7, 11) is 0. The molecule has 0 saturated carbocycles. The van der Waals surface area contributed by atoms with Crippen molar-refractivity contribution in [2.75, 3.05) is 19.7 Å². The van der Waals surface area contributed by atoms with Gasteiger partial charge in [0.1, 0.15) is 5.82 Å². The Labute approximate surface area is 196 Å². The fourth-order valence-corrected chi connectivity index (χ4v) is 5.11. The summed E-state index contributed by atoms with van der Waals surface area (Å²) in [6.07, 6.45) is 4.83. The molecule has 0 spiro atoms. The number of hydrogen-bond acceptors (Lipinski definition) is 4. The molecule has 1 unspecified atom stereocenters. The number of halogens is 1. The lowest BCUT2D eigenvalue weighted by atomic mass is 10.1. The molecule has 1 saturated heterocycles. The summed E-state index contributed by atoms with van der Waals surface area (Å²) in [5, 5.41) is 2.09. The van der Waals surface area contributed by atoms with Crippen molar-refractivity contribution in [3.8, 4) is 11.3 Å².